The fourth-order valence-corrected chi connectivity index (χ4v) is 10.5. The smallest absolute Gasteiger partial charge is 0.0543 e. The Morgan fingerprint density at radius 1 is 0.328 bits per heavy atom. The molecule has 9 rings (SSSR count). The molecule has 0 atom stereocenters. The molecule has 2 aliphatic rings. The van der Waals surface area contributed by atoms with Crippen LogP contribution in [-0.4, -0.2) is 0 Å². The minimum absolute atomic E-state index is 0.0587. The van der Waals surface area contributed by atoms with Gasteiger partial charge in [0, 0.05) is 44.7 Å². The SMILES string of the molecule is CC(C)(C)c1ccc(N(c2ccc(C(C)(C)C)cc2)c2cc3c4c(c2)C(C)(C)c2cccc5c(N(c6ccc(C(C)(C)C)cc6)c6ccc(C(C)(C)C)cc6)cc(c-4c25)C3(C)C)cc1. The van der Waals surface area contributed by atoms with Crippen LogP contribution >= 0.6 is 0 Å². The van der Waals surface area contributed by atoms with Gasteiger partial charge in [-0.25, -0.2) is 0 Å². The van der Waals surface area contributed by atoms with Crippen molar-refractivity contribution in [1.82, 2.24) is 0 Å². The van der Waals surface area contributed by atoms with Gasteiger partial charge in [0.05, 0.1) is 5.69 Å². The van der Waals surface area contributed by atoms with E-state index in [2.05, 4.69) is 254 Å². The molecule has 0 heterocycles. The fraction of sp³-hybridized carbons (Fsp3) is 0.355. The average Bonchev–Trinajstić information content (AvgIpc) is 3.45. The summed E-state index contributed by atoms with van der Waals surface area (Å²) >= 11 is 0. The van der Waals surface area contributed by atoms with E-state index in [9.17, 15) is 0 Å². The van der Waals surface area contributed by atoms with Gasteiger partial charge in [0.15, 0.2) is 0 Å². The molecule has 0 amide bonds. The molecule has 2 aliphatic carbocycles. The fourth-order valence-electron chi connectivity index (χ4n) is 10.5. The maximum atomic E-state index is 2.55. The van der Waals surface area contributed by atoms with Crippen LogP contribution in [0.3, 0.4) is 0 Å². The summed E-state index contributed by atoms with van der Waals surface area (Å²) in [5.41, 5.74) is 20.5. The molecule has 328 valence electrons. The first-order chi connectivity index (χ1) is 29.8. The molecule has 64 heavy (non-hydrogen) atoms. The number of benzene rings is 7. The van der Waals surface area contributed by atoms with E-state index < -0.39 is 0 Å². The summed E-state index contributed by atoms with van der Waals surface area (Å²) in [5.74, 6) is 0. The van der Waals surface area contributed by atoms with Crippen molar-refractivity contribution in [2.24, 2.45) is 0 Å². The lowest BCUT2D eigenvalue weighted by Crippen LogP contribution is -2.25. The molecule has 0 fully saturated rings. The third-order valence-electron chi connectivity index (χ3n) is 14.7. The average molecular weight is 843 g/mol. The van der Waals surface area contributed by atoms with Crippen LogP contribution in [-0.2, 0) is 32.5 Å². The van der Waals surface area contributed by atoms with Gasteiger partial charge in [0.2, 0.25) is 0 Å². The molecule has 0 saturated heterocycles. The minimum atomic E-state index is -0.276. The largest absolute Gasteiger partial charge is 0.310 e. The number of hydrogen-bond donors (Lipinski definition) is 0. The van der Waals surface area contributed by atoms with Gasteiger partial charge >= 0.3 is 0 Å². The van der Waals surface area contributed by atoms with E-state index in [1.54, 1.807) is 0 Å². The lowest BCUT2D eigenvalue weighted by Gasteiger charge is -2.37. The van der Waals surface area contributed by atoms with E-state index in [4.69, 9.17) is 0 Å². The quantitative estimate of drug-likeness (QED) is 0.165. The minimum Gasteiger partial charge on any atom is -0.310 e. The molecule has 0 spiro atoms. The molecule has 0 aliphatic heterocycles. The molecular weight excluding hydrogens is 773 g/mol. The van der Waals surface area contributed by atoms with E-state index >= 15 is 0 Å². The summed E-state index contributed by atoms with van der Waals surface area (Å²) in [4.78, 5) is 5.02. The zero-order chi connectivity index (χ0) is 46.1. The molecule has 0 unspecified atom stereocenters. The van der Waals surface area contributed by atoms with Crippen molar-refractivity contribution < 1.29 is 0 Å². The van der Waals surface area contributed by atoms with E-state index in [-0.39, 0.29) is 32.5 Å². The Bertz CT molecular complexity index is 2800. The van der Waals surface area contributed by atoms with Gasteiger partial charge in [-0.15, -0.1) is 0 Å². The van der Waals surface area contributed by atoms with Gasteiger partial charge in [0.1, 0.15) is 0 Å². The van der Waals surface area contributed by atoms with E-state index in [0.29, 0.717) is 0 Å². The zero-order valence-corrected chi connectivity index (χ0v) is 41.6. The molecular formula is C62H70N2. The van der Waals surface area contributed by atoms with Gasteiger partial charge in [-0.2, -0.15) is 0 Å². The van der Waals surface area contributed by atoms with Crippen molar-refractivity contribution in [3.8, 4) is 11.1 Å². The van der Waals surface area contributed by atoms with Crippen molar-refractivity contribution >= 4 is 44.9 Å². The van der Waals surface area contributed by atoms with Gasteiger partial charge in [0.25, 0.3) is 0 Å². The molecule has 0 radical (unpaired) electrons. The first-order valence-electron chi connectivity index (χ1n) is 23.6. The lowest BCUT2D eigenvalue weighted by atomic mass is 9.68. The molecule has 0 aromatic heterocycles. The first kappa shape index (κ1) is 43.6. The zero-order valence-electron chi connectivity index (χ0n) is 41.6. The molecule has 2 heteroatoms. The Morgan fingerprint density at radius 2 is 0.656 bits per heavy atom. The van der Waals surface area contributed by atoms with Crippen LogP contribution in [0.4, 0.5) is 34.1 Å². The Hall–Kier alpha value is -5.60. The topological polar surface area (TPSA) is 6.48 Å². The normalized spacial score (nSPS) is 15.1. The highest BCUT2D eigenvalue weighted by Gasteiger charge is 2.46. The second kappa shape index (κ2) is 14.5. The molecule has 0 bridgehead atoms. The summed E-state index contributed by atoms with van der Waals surface area (Å²) < 4.78 is 0. The number of anilines is 6. The maximum Gasteiger partial charge on any atom is 0.0543 e. The maximum absolute atomic E-state index is 2.55. The van der Waals surface area contributed by atoms with Gasteiger partial charge < -0.3 is 9.80 Å². The summed E-state index contributed by atoms with van der Waals surface area (Å²) in [6, 6.07) is 51.9. The second-order valence-corrected chi connectivity index (χ2v) is 24.1. The Labute approximate surface area is 385 Å². The number of nitrogens with zero attached hydrogens (tertiary/aromatic N) is 2. The van der Waals surface area contributed by atoms with Crippen LogP contribution in [0, 0.1) is 0 Å². The number of rotatable bonds is 6. The predicted molar refractivity (Wildman–Crippen MR) is 278 cm³/mol. The summed E-state index contributed by atoms with van der Waals surface area (Å²) in [7, 11) is 0. The van der Waals surface area contributed by atoms with Crippen molar-refractivity contribution in [2.45, 2.75) is 143 Å². The van der Waals surface area contributed by atoms with Crippen LogP contribution in [0.15, 0.2) is 133 Å². The molecule has 2 nitrogen and oxygen atoms in total. The molecule has 7 aromatic carbocycles. The second-order valence-electron chi connectivity index (χ2n) is 24.1. The Balaban J connectivity index is 1.29. The van der Waals surface area contributed by atoms with Crippen LogP contribution in [0.25, 0.3) is 21.9 Å². The highest BCUT2D eigenvalue weighted by atomic mass is 15.1. The van der Waals surface area contributed by atoms with Crippen molar-refractivity contribution in [3.63, 3.8) is 0 Å². The Morgan fingerprint density at radius 3 is 1.02 bits per heavy atom. The molecule has 0 saturated carbocycles. The van der Waals surface area contributed by atoms with Crippen molar-refractivity contribution in [2.75, 3.05) is 9.80 Å². The number of hydrogen-bond acceptors (Lipinski definition) is 2. The van der Waals surface area contributed by atoms with Crippen LogP contribution in [0.1, 0.15) is 155 Å². The predicted octanol–water partition coefficient (Wildman–Crippen LogP) is 17.9. The third kappa shape index (κ3) is 7.08. The summed E-state index contributed by atoms with van der Waals surface area (Å²) in [6.45, 7) is 37.4. The van der Waals surface area contributed by atoms with E-state index in [1.165, 1.54) is 101 Å². The Kier molecular flexibility index (Phi) is 9.86. The first-order valence-corrected chi connectivity index (χ1v) is 23.6. The highest BCUT2D eigenvalue weighted by molar-refractivity contribution is 6.14. The van der Waals surface area contributed by atoms with E-state index in [1.807, 2.05) is 0 Å². The van der Waals surface area contributed by atoms with Crippen LogP contribution in [0.2, 0.25) is 0 Å². The molecule has 7 aromatic rings. The monoisotopic (exact) mass is 843 g/mol. The molecule has 0 N–H and O–H groups in total. The van der Waals surface area contributed by atoms with E-state index in [0.717, 1.165) is 0 Å². The van der Waals surface area contributed by atoms with Gasteiger partial charge in [-0.05, 0) is 149 Å². The van der Waals surface area contributed by atoms with Crippen molar-refractivity contribution in [1.29, 1.82) is 0 Å². The van der Waals surface area contributed by atoms with Gasteiger partial charge in [-0.3, -0.25) is 0 Å². The van der Waals surface area contributed by atoms with Crippen LogP contribution in [0.5, 0.6) is 0 Å². The summed E-state index contributed by atoms with van der Waals surface area (Å²) in [5, 5.41) is 2.68. The van der Waals surface area contributed by atoms with Crippen molar-refractivity contribution in [3.05, 3.63) is 178 Å². The third-order valence-corrected chi connectivity index (χ3v) is 14.7. The van der Waals surface area contributed by atoms with Gasteiger partial charge in [-0.1, -0.05) is 178 Å². The summed E-state index contributed by atoms with van der Waals surface area (Å²) in [6.07, 6.45) is 0. The standard InChI is InChI=1S/C62H70N2/c1-57(2,3)39-20-28-43(29-21-39)63(44-30-22-40(23-31-44)58(4,5)6)47-36-50-55-51(37-47)62(15,16)52-38-53(48-18-17-19-49(61(50,13)14)54(48)56(52)55)64(45-32-24-41(25-33-45)59(7,8)9)46-34-26-42(27-35-46)60(10,11)12/h17-38H,1-16H3. The highest BCUT2D eigenvalue weighted by Crippen LogP contribution is 2.62. The lowest BCUT2D eigenvalue weighted by molar-refractivity contribution is 0.590. The van der Waals surface area contributed by atoms with Crippen LogP contribution < -0.4 is 9.80 Å².